The molecule has 158 valence electrons. The quantitative estimate of drug-likeness (QED) is 0.692. The molecule has 29 heavy (non-hydrogen) atoms. The second-order valence-electron chi connectivity index (χ2n) is 6.82. The molecule has 1 fully saturated rings. The number of anilines is 1. The number of hydrogen-bond acceptors (Lipinski definition) is 6. The number of aryl methyl sites for hydroxylation is 1. The fourth-order valence-corrected chi connectivity index (χ4v) is 7.49. The number of thiophene rings is 2. The topological polar surface area (TPSA) is 95.6 Å². The second kappa shape index (κ2) is 8.73. The third kappa shape index (κ3) is 4.51. The van der Waals surface area contributed by atoms with Gasteiger partial charge in [0.25, 0.3) is 15.9 Å². The Bertz CT molecular complexity index is 1040. The lowest BCUT2D eigenvalue weighted by Gasteiger charge is -2.30. The highest BCUT2D eigenvalue weighted by Crippen LogP contribution is 2.34. The van der Waals surface area contributed by atoms with E-state index in [0.717, 1.165) is 21.8 Å². The molecule has 0 aromatic carbocycles. The van der Waals surface area contributed by atoms with E-state index in [1.165, 1.54) is 21.7 Å². The highest BCUT2D eigenvalue weighted by molar-refractivity contribution is 7.91. The molecule has 2 aromatic rings. The number of carbonyl (C=O) groups excluding carboxylic acids is 2. The van der Waals surface area contributed by atoms with Gasteiger partial charge in [0.05, 0.1) is 15.8 Å². The van der Waals surface area contributed by atoms with E-state index in [-0.39, 0.29) is 22.6 Å². The van der Waals surface area contributed by atoms with Crippen LogP contribution in [0.15, 0.2) is 16.3 Å². The normalized spacial score (nSPS) is 17.9. The molecule has 1 unspecified atom stereocenters. The first kappa shape index (κ1) is 22.2. The molecule has 2 N–H and O–H groups in total. The third-order valence-corrected chi connectivity index (χ3v) is 9.66. The zero-order chi connectivity index (χ0) is 21.3. The van der Waals surface area contributed by atoms with Crippen LogP contribution in [-0.2, 0) is 14.8 Å². The molecule has 0 spiro atoms. The maximum atomic E-state index is 12.9. The molecule has 11 heteroatoms. The molecule has 0 radical (unpaired) electrons. The lowest BCUT2D eigenvalue weighted by Crippen LogP contribution is -2.43. The second-order valence-corrected chi connectivity index (χ2v) is 11.9. The average Bonchev–Trinajstić information content (AvgIpc) is 3.25. The number of amides is 2. The van der Waals surface area contributed by atoms with E-state index in [1.807, 2.05) is 13.8 Å². The molecule has 2 amide bonds. The van der Waals surface area contributed by atoms with Crippen molar-refractivity contribution < 1.29 is 18.0 Å². The van der Waals surface area contributed by atoms with E-state index in [9.17, 15) is 18.0 Å². The van der Waals surface area contributed by atoms with Gasteiger partial charge in [0, 0.05) is 25.0 Å². The standard InChI is InChI=1S/C18H22ClN3O4S3/c1-10-11(2)27-18(15(10)17(24)20-3)21-16(23)12-5-4-8-22(9-12)29(25,26)14-7-6-13(19)28-14/h6-7,12H,4-5,8-9H2,1-3H3,(H,20,24)(H,21,23). The van der Waals surface area contributed by atoms with Gasteiger partial charge in [-0.1, -0.05) is 11.6 Å². The zero-order valence-corrected chi connectivity index (χ0v) is 19.4. The monoisotopic (exact) mass is 475 g/mol. The molecular formula is C18H22ClN3O4S3. The van der Waals surface area contributed by atoms with Gasteiger partial charge in [-0.25, -0.2) is 8.42 Å². The Balaban J connectivity index is 1.77. The van der Waals surface area contributed by atoms with Gasteiger partial charge >= 0.3 is 0 Å². The van der Waals surface area contributed by atoms with E-state index < -0.39 is 15.9 Å². The van der Waals surface area contributed by atoms with Crippen molar-refractivity contribution in [2.45, 2.75) is 30.9 Å². The minimum Gasteiger partial charge on any atom is -0.355 e. The van der Waals surface area contributed by atoms with Crippen LogP contribution in [0.3, 0.4) is 0 Å². The first-order chi connectivity index (χ1) is 13.6. The van der Waals surface area contributed by atoms with Gasteiger partial charge in [-0.2, -0.15) is 4.31 Å². The fourth-order valence-electron chi connectivity index (χ4n) is 3.27. The molecular weight excluding hydrogens is 454 g/mol. The SMILES string of the molecule is CNC(=O)c1c(NC(=O)C2CCCN(S(=O)(=O)c3ccc(Cl)s3)C2)sc(C)c1C. The molecule has 0 aliphatic carbocycles. The van der Waals surface area contributed by atoms with Crippen molar-refractivity contribution in [2.75, 3.05) is 25.5 Å². The summed E-state index contributed by atoms with van der Waals surface area (Å²) < 4.78 is 27.6. The summed E-state index contributed by atoms with van der Waals surface area (Å²) in [5, 5.41) is 5.94. The number of sulfonamides is 1. The van der Waals surface area contributed by atoms with E-state index >= 15 is 0 Å². The molecule has 1 saturated heterocycles. The van der Waals surface area contributed by atoms with Gasteiger partial charge < -0.3 is 10.6 Å². The number of nitrogens with zero attached hydrogens (tertiary/aromatic N) is 1. The summed E-state index contributed by atoms with van der Waals surface area (Å²) in [6.07, 6.45) is 1.17. The molecule has 3 rings (SSSR count). The van der Waals surface area contributed by atoms with Crippen LogP contribution in [0.4, 0.5) is 5.00 Å². The summed E-state index contributed by atoms with van der Waals surface area (Å²) in [7, 11) is -2.14. The molecule has 1 aliphatic heterocycles. The molecule has 1 aliphatic rings. The first-order valence-corrected chi connectivity index (χ1v) is 12.5. The van der Waals surface area contributed by atoms with E-state index in [0.29, 0.717) is 34.3 Å². The van der Waals surface area contributed by atoms with Crippen LogP contribution in [0.25, 0.3) is 0 Å². The third-order valence-electron chi connectivity index (χ3n) is 4.97. The zero-order valence-electron chi connectivity index (χ0n) is 16.2. The number of halogens is 1. The van der Waals surface area contributed by atoms with Crippen molar-refractivity contribution in [1.29, 1.82) is 0 Å². The van der Waals surface area contributed by atoms with Crippen LogP contribution in [0.5, 0.6) is 0 Å². The van der Waals surface area contributed by atoms with E-state index in [2.05, 4.69) is 10.6 Å². The average molecular weight is 476 g/mol. The van der Waals surface area contributed by atoms with Gasteiger partial charge in [-0.3, -0.25) is 9.59 Å². The Morgan fingerprint density at radius 3 is 2.59 bits per heavy atom. The highest BCUT2D eigenvalue weighted by Gasteiger charge is 2.34. The Kier molecular flexibility index (Phi) is 6.69. The van der Waals surface area contributed by atoms with Crippen LogP contribution >= 0.6 is 34.3 Å². The smallest absolute Gasteiger partial charge is 0.254 e. The maximum absolute atomic E-state index is 12.9. The van der Waals surface area contributed by atoms with Gasteiger partial charge in [0.1, 0.15) is 9.21 Å². The molecule has 3 heterocycles. The van der Waals surface area contributed by atoms with Gasteiger partial charge in [0.15, 0.2) is 0 Å². The van der Waals surface area contributed by atoms with Crippen LogP contribution < -0.4 is 10.6 Å². The Labute approximate surface area is 183 Å². The fraction of sp³-hybridized carbons (Fsp3) is 0.444. The lowest BCUT2D eigenvalue weighted by molar-refractivity contribution is -0.120. The van der Waals surface area contributed by atoms with Crippen LogP contribution in [-0.4, -0.2) is 44.7 Å². The summed E-state index contributed by atoms with van der Waals surface area (Å²) in [6, 6.07) is 3.04. The lowest BCUT2D eigenvalue weighted by atomic mass is 9.99. The van der Waals surface area contributed by atoms with Gasteiger partial charge in [-0.05, 0) is 44.4 Å². The first-order valence-electron chi connectivity index (χ1n) is 9.03. The molecule has 2 aromatic heterocycles. The van der Waals surface area contributed by atoms with Crippen LogP contribution in [0, 0.1) is 19.8 Å². The van der Waals surface area contributed by atoms with Crippen molar-refractivity contribution in [3.05, 3.63) is 32.5 Å². The number of hydrogen-bond donors (Lipinski definition) is 2. The van der Waals surface area contributed by atoms with Crippen molar-refractivity contribution in [1.82, 2.24) is 9.62 Å². The molecule has 0 bridgehead atoms. The van der Waals surface area contributed by atoms with E-state index in [4.69, 9.17) is 11.6 Å². The van der Waals surface area contributed by atoms with Crippen molar-refractivity contribution in [3.63, 3.8) is 0 Å². The predicted octanol–water partition coefficient (Wildman–Crippen LogP) is 3.48. The van der Waals surface area contributed by atoms with Crippen molar-refractivity contribution in [2.24, 2.45) is 5.92 Å². The summed E-state index contributed by atoms with van der Waals surface area (Å²) in [5.74, 6) is -1.03. The maximum Gasteiger partial charge on any atom is 0.254 e. The molecule has 7 nitrogen and oxygen atoms in total. The van der Waals surface area contributed by atoms with Crippen LogP contribution in [0.1, 0.15) is 33.6 Å². The van der Waals surface area contributed by atoms with Crippen LogP contribution in [0.2, 0.25) is 4.34 Å². The Morgan fingerprint density at radius 1 is 1.24 bits per heavy atom. The van der Waals surface area contributed by atoms with Gasteiger partial charge in [-0.15, -0.1) is 22.7 Å². The summed E-state index contributed by atoms with van der Waals surface area (Å²) >= 11 is 8.23. The van der Waals surface area contributed by atoms with Crippen molar-refractivity contribution >= 4 is 61.1 Å². The summed E-state index contributed by atoms with van der Waals surface area (Å²) in [4.78, 5) is 26.0. The minimum absolute atomic E-state index is 0.0995. The largest absolute Gasteiger partial charge is 0.355 e. The minimum atomic E-state index is -3.68. The predicted molar refractivity (Wildman–Crippen MR) is 117 cm³/mol. The van der Waals surface area contributed by atoms with Crippen molar-refractivity contribution in [3.8, 4) is 0 Å². The number of carbonyl (C=O) groups is 2. The van der Waals surface area contributed by atoms with E-state index in [1.54, 1.807) is 13.1 Å². The summed E-state index contributed by atoms with van der Waals surface area (Å²) in [5.41, 5.74) is 1.28. The number of rotatable bonds is 5. The molecule has 1 atom stereocenters. The highest BCUT2D eigenvalue weighted by atomic mass is 35.5. The molecule has 0 saturated carbocycles. The Morgan fingerprint density at radius 2 is 1.97 bits per heavy atom. The summed E-state index contributed by atoms with van der Waals surface area (Å²) in [6.45, 7) is 4.20. The number of piperidine rings is 1. The number of nitrogens with one attached hydrogen (secondary N) is 2. The van der Waals surface area contributed by atoms with Gasteiger partial charge in [0.2, 0.25) is 5.91 Å². The Hall–Kier alpha value is -1.46.